The standard InChI is InChI=1S/C25H27N7O3/c1-25(2,34)21-10-9-20-23(31-12-14-35-15-13-31)29-22(30-32(20)21)17-5-7-18(8-6-17)27-24(33)28-19-4-3-11-26-16-19/h3-11,16,34H,12-15H2,1-2H3,(H2,27,28,33). The summed E-state index contributed by atoms with van der Waals surface area (Å²) in [7, 11) is 0. The predicted octanol–water partition coefficient (Wildman–Crippen LogP) is 3.50. The Hall–Kier alpha value is -4.02. The lowest BCUT2D eigenvalue weighted by Crippen LogP contribution is -2.37. The summed E-state index contributed by atoms with van der Waals surface area (Å²) in [5, 5.41) is 21.0. The molecule has 0 saturated carbocycles. The summed E-state index contributed by atoms with van der Waals surface area (Å²) in [6.07, 6.45) is 3.22. The molecule has 2 amide bonds. The number of benzene rings is 1. The van der Waals surface area contributed by atoms with Gasteiger partial charge < -0.3 is 25.4 Å². The van der Waals surface area contributed by atoms with Crippen LogP contribution in [0, 0.1) is 0 Å². The van der Waals surface area contributed by atoms with E-state index in [1.807, 2.05) is 24.3 Å². The minimum Gasteiger partial charge on any atom is -0.384 e. The molecule has 3 N–H and O–H groups in total. The topological polar surface area (TPSA) is 117 Å². The van der Waals surface area contributed by atoms with Gasteiger partial charge in [0.2, 0.25) is 0 Å². The molecule has 0 aliphatic carbocycles. The fourth-order valence-electron chi connectivity index (χ4n) is 4.01. The van der Waals surface area contributed by atoms with E-state index in [1.165, 1.54) is 0 Å². The van der Waals surface area contributed by atoms with Crippen molar-refractivity contribution in [3.05, 3.63) is 66.6 Å². The third-order valence-corrected chi connectivity index (χ3v) is 5.75. The Morgan fingerprint density at radius 1 is 1.03 bits per heavy atom. The van der Waals surface area contributed by atoms with Crippen LogP contribution in [0.15, 0.2) is 60.9 Å². The molecule has 10 heteroatoms. The number of aromatic nitrogens is 4. The van der Waals surface area contributed by atoms with Crippen LogP contribution in [0.1, 0.15) is 19.5 Å². The minimum absolute atomic E-state index is 0.361. The monoisotopic (exact) mass is 473 g/mol. The molecule has 0 radical (unpaired) electrons. The number of anilines is 3. The molecule has 1 saturated heterocycles. The maximum Gasteiger partial charge on any atom is 0.323 e. The molecule has 180 valence electrons. The highest BCUT2D eigenvalue weighted by Gasteiger charge is 2.25. The Labute approximate surface area is 202 Å². The van der Waals surface area contributed by atoms with Gasteiger partial charge in [0.1, 0.15) is 11.1 Å². The smallest absolute Gasteiger partial charge is 0.323 e. The average molecular weight is 474 g/mol. The van der Waals surface area contributed by atoms with Crippen LogP contribution in [0.2, 0.25) is 0 Å². The minimum atomic E-state index is -1.07. The first-order valence-corrected chi connectivity index (χ1v) is 11.4. The number of aliphatic hydroxyl groups is 1. The van der Waals surface area contributed by atoms with Gasteiger partial charge in [0.15, 0.2) is 11.6 Å². The van der Waals surface area contributed by atoms with Crippen LogP contribution >= 0.6 is 0 Å². The molecule has 1 fully saturated rings. The molecule has 5 rings (SSSR count). The SMILES string of the molecule is CC(C)(O)c1ccc2c(N3CCOCC3)nc(-c3ccc(NC(=O)Nc4cccnc4)cc3)nn12. The van der Waals surface area contributed by atoms with Gasteiger partial charge in [-0.2, -0.15) is 0 Å². The largest absolute Gasteiger partial charge is 0.384 e. The van der Waals surface area contributed by atoms with E-state index in [1.54, 1.807) is 55.0 Å². The van der Waals surface area contributed by atoms with Gasteiger partial charge in [-0.05, 0) is 62.4 Å². The van der Waals surface area contributed by atoms with Crippen LogP contribution < -0.4 is 15.5 Å². The molecule has 0 spiro atoms. The first-order valence-electron chi connectivity index (χ1n) is 11.4. The van der Waals surface area contributed by atoms with Crippen molar-refractivity contribution in [1.29, 1.82) is 0 Å². The summed E-state index contributed by atoms with van der Waals surface area (Å²) in [5.74, 6) is 1.32. The van der Waals surface area contributed by atoms with E-state index in [0.717, 1.165) is 30.0 Å². The van der Waals surface area contributed by atoms with Crippen LogP contribution in [0.5, 0.6) is 0 Å². The van der Waals surface area contributed by atoms with Crippen LogP contribution in [0.3, 0.4) is 0 Å². The number of nitrogens with zero attached hydrogens (tertiary/aromatic N) is 5. The molecule has 10 nitrogen and oxygen atoms in total. The summed E-state index contributed by atoms with van der Waals surface area (Å²) in [6, 6.07) is 14.3. The van der Waals surface area contributed by atoms with E-state index >= 15 is 0 Å². The maximum atomic E-state index is 12.3. The van der Waals surface area contributed by atoms with E-state index in [0.29, 0.717) is 36.1 Å². The second kappa shape index (κ2) is 9.32. The van der Waals surface area contributed by atoms with Gasteiger partial charge in [-0.3, -0.25) is 4.98 Å². The number of fused-ring (bicyclic) bond motifs is 1. The number of ether oxygens (including phenoxy) is 1. The lowest BCUT2D eigenvalue weighted by molar-refractivity contribution is 0.0719. The molecular formula is C25H27N7O3. The summed E-state index contributed by atoms with van der Waals surface area (Å²) in [4.78, 5) is 23.3. The van der Waals surface area contributed by atoms with Crippen molar-refractivity contribution in [2.45, 2.75) is 19.4 Å². The van der Waals surface area contributed by atoms with Crippen molar-refractivity contribution in [2.24, 2.45) is 0 Å². The number of urea groups is 1. The number of rotatable bonds is 5. The Morgan fingerprint density at radius 2 is 1.77 bits per heavy atom. The number of carbonyl (C=O) groups excluding carboxylic acids is 1. The third-order valence-electron chi connectivity index (χ3n) is 5.75. The van der Waals surface area contributed by atoms with Gasteiger partial charge in [-0.15, -0.1) is 5.10 Å². The molecule has 35 heavy (non-hydrogen) atoms. The first kappa shape index (κ1) is 22.8. The molecule has 1 aliphatic rings. The number of hydrogen-bond acceptors (Lipinski definition) is 7. The number of nitrogens with one attached hydrogen (secondary N) is 2. The highest BCUT2D eigenvalue weighted by molar-refractivity contribution is 5.99. The maximum absolute atomic E-state index is 12.3. The van der Waals surface area contributed by atoms with Crippen molar-refractivity contribution in [3.63, 3.8) is 0 Å². The van der Waals surface area contributed by atoms with Gasteiger partial charge in [0.05, 0.1) is 30.8 Å². The van der Waals surface area contributed by atoms with Crippen molar-refractivity contribution < 1.29 is 14.6 Å². The van der Waals surface area contributed by atoms with Gasteiger partial charge in [-0.1, -0.05) is 0 Å². The summed E-state index contributed by atoms with van der Waals surface area (Å²) in [5.41, 5.74) is 2.45. The van der Waals surface area contributed by atoms with E-state index in [9.17, 15) is 9.90 Å². The fourth-order valence-corrected chi connectivity index (χ4v) is 4.01. The van der Waals surface area contributed by atoms with Crippen molar-refractivity contribution >= 4 is 28.7 Å². The Balaban J connectivity index is 1.45. The van der Waals surface area contributed by atoms with E-state index in [-0.39, 0.29) is 6.03 Å². The predicted molar refractivity (Wildman–Crippen MR) is 134 cm³/mol. The lowest BCUT2D eigenvalue weighted by Gasteiger charge is -2.29. The Bertz CT molecular complexity index is 1330. The van der Waals surface area contributed by atoms with Crippen LogP contribution in [0.4, 0.5) is 22.0 Å². The zero-order valence-corrected chi connectivity index (χ0v) is 19.6. The van der Waals surface area contributed by atoms with Gasteiger partial charge in [-0.25, -0.2) is 14.3 Å². The second-order valence-corrected chi connectivity index (χ2v) is 8.83. The molecule has 0 unspecified atom stereocenters. The van der Waals surface area contributed by atoms with Gasteiger partial charge in [0, 0.05) is 30.5 Å². The molecule has 4 aromatic rings. The van der Waals surface area contributed by atoms with Crippen LogP contribution in [-0.2, 0) is 10.3 Å². The summed E-state index contributed by atoms with van der Waals surface area (Å²) < 4.78 is 7.28. The van der Waals surface area contributed by atoms with Crippen molar-refractivity contribution in [2.75, 3.05) is 41.8 Å². The lowest BCUT2D eigenvalue weighted by atomic mass is 10.1. The highest BCUT2D eigenvalue weighted by atomic mass is 16.5. The zero-order chi connectivity index (χ0) is 24.4. The summed E-state index contributed by atoms with van der Waals surface area (Å²) >= 11 is 0. The van der Waals surface area contributed by atoms with E-state index < -0.39 is 5.60 Å². The summed E-state index contributed by atoms with van der Waals surface area (Å²) in [6.45, 7) is 6.19. The molecule has 1 aromatic carbocycles. The number of morpholine rings is 1. The molecule has 0 bridgehead atoms. The highest BCUT2D eigenvalue weighted by Crippen LogP contribution is 2.30. The number of carbonyl (C=O) groups is 1. The first-order chi connectivity index (χ1) is 16.9. The quantitative estimate of drug-likeness (QED) is 0.406. The molecule has 3 aromatic heterocycles. The van der Waals surface area contributed by atoms with Crippen molar-refractivity contribution in [3.8, 4) is 11.4 Å². The number of amides is 2. The normalized spacial score (nSPS) is 14.2. The van der Waals surface area contributed by atoms with Gasteiger partial charge in [0.25, 0.3) is 0 Å². The number of pyridine rings is 1. The van der Waals surface area contributed by atoms with E-state index in [2.05, 4.69) is 20.5 Å². The molecule has 1 aliphatic heterocycles. The van der Waals surface area contributed by atoms with Gasteiger partial charge >= 0.3 is 6.03 Å². The average Bonchev–Trinajstić information content (AvgIpc) is 3.30. The fraction of sp³-hybridized carbons (Fsp3) is 0.280. The van der Waals surface area contributed by atoms with E-state index in [4.69, 9.17) is 14.8 Å². The molecular weight excluding hydrogens is 446 g/mol. The third kappa shape index (κ3) is 4.93. The molecule has 0 atom stereocenters. The zero-order valence-electron chi connectivity index (χ0n) is 19.6. The number of hydrogen-bond donors (Lipinski definition) is 3. The van der Waals surface area contributed by atoms with Crippen molar-refractivity contribution in [1.82, 2.24) is 19.6 Å². The Kier molecular flexibility index (Phi) is 6.06. The molecule has 4 heterocycles. The van der Waals surface area contributed by atoms with Crippen LogP contribution in [-0.4, -0.2) is 57.0 Å². The Morgan fingerprint density at radius 3 is 2.46 bits per heavy atom. The van der Waals surface area contributed by atoms with Crippen LogP contribution in [0.25, 0.3) is 16.9 Å². The second-order valence-electron chi connectivity index (χ2n) is 8.83.